The van der Waals surface area contributed by atoms with Crippen molar-refractivity contribution >= 4 is 40.1 Å². The number of nitrogens with one attached hydrogen (secondary N) is 1. The molecule has 1 N–H and O–H groups in total. The molecule has 33 heavy (non-hydrogen) atoms. The maximum atomic E-state index is 13.3. The number of halogens is 1. The Morgan fingerprint density at radius 1 is 1.12 bits per heavy atom. The third-order valence-electron chi connectivity index (χ3n) is 5.55. The van der Waals surface area contributed by atoms with E-state index in [9.17, 15) is 4.79 Å². The number of hydrogen-bond donors (Lipinski definition) is 1. The second-order valence-corrected chi connectivity index (χ2v) is 9.05. The molecule has 0 spiro atoms. The van der Waals surface area contributed by atoms with Crippen LogP contribution in [0.4, 0.5) is 0 Å². The zero-order valence-electron chi connectivity index (χ0n) is 18.1. The lowest BCUT2D eigenvalue weighted by Crippen LogP contribution is -2.50. The summed E-state index contributed by atoms with van der Waals surface area (Å²) in [7, 11) is 1.65. The molecule has 1 amide bonds. The molecule has 0 aromatic heterocycles. The van der Waals surface area contributed by atoms with E-state index in [2.05, 4.69) is 5.32 Å². The van der Waals surface area contributed by atoms with Crippen molar-refractivity contribution in [1.29, 1.82) is 0 Å². The first-order chi connectivity index (χ1) is 16.0. The van der Waals surface area contributed by atoms with Gasteiger partial charge in [0.15, 0.2) is 11.3 Å². The molecule has 1 atom stereocenters. The van der Waals surface area contributed by atoms with Gasteiger partial charge in [-0.05, 0) is 47.9 Å². The third kappa shape index (κ3) is 4.10. The summed E-state index contributed by atoms with van der Waals surface area (Å²) in [5.41, 5.74) is 3.38. The molecular formula is C25H21ClN4O2S. The standard InChI is InChI=1S/C25H21ClN4O2S/c1-15-13-16(11-12-21(15)32-2)23-27-20-10-6-4-8-18(20)22-24(31)28-25(29-30(22)23)33-14-17-7-3-5-9-19(17)26/h3-13,23H,14H2,1-2H3,(H,28,29,31)/t23-/m0/s1. The Labute approximate surface area is 200 Å². The van der Waals surface area contributed by atoms with Crippen molar-refractivity contribution in [2.45, 2.75) is 18.8 Å². The van der Waals surface area contributed by atoms with Crippen LogP contribution in [0.5, 0.6) is 5.75 Å². The lowest BCUT2D eigenvalue weighted by atomic mass is 10.1. The number of hydrogen-bond acceptors (Lipinski definition) is 6. The highest BCUT2D eigenvalue weighted by Gasteiger charge is 2.34. The summed E-state index contributed by atoms with van der Waals surface area (Å²) >= 11 is 7.73. The first kappa shape index (κ1) is 21.6. The number of fused-ring (bicyclic) bond motifs is 2. The number of methoxy groups -OCH3 is 1. The van der Waals surface area contributed by atoms with Crippen LogP contribution in [0, 0.1) is 6.92 Å². The summed E-state index contributed by atoms with van der Waals surface area (Å²) in [5, 5.41) is 12.2. The minimum absolute atomic E-state index is 0.204. The van der Waals surface area contributed by atoms with E-state index < -0.39 is 6.17 Å². The molecular weight excluding hydrogens is 456 g/mol. The van der Waals surface area contributed by atoms with E-state index in [0.717, 1.165) is 33.0 Å². The van der Waals surface area contributed by atoms with Gasteiger partial charge in [0, 0.05) is 16.0 Å². The van der Waals surface area contributed by atoms with Crippen molar-refractivity contribution in [2.24, 2.45) is 10.1 Å². The van der Waals surface area contributed by atoms with E-state index in [-0.39, 0.29) is 5.91 Å². The van der Waals surface area contributed by atoms with E-state index in [0.29, 0.717) is 21.6 Å². The van der Waals surface area contributed by atoms with E-state index in [1.54, 1.807) is 12.1 Å². The van der Waals surface area contributed by atoms with Gasteiger partial charge in [0.05, 0.1) is 12.5 Å². The van der Waals surface area contributed by atoms with Crippen LogP contribution in [0.15, 0.2) is 76.8 Å². The van der Waals surface area contributed by atoms with E-state index >= 15 is 0 Å². The molecule has 2 aliphatic rings. The Morgan fingerprint density at radius 2 is 1.91 bits per heavy atom. The number of benzene rings is 3. The Balaban J connectivity index is 1.57. The fraction of sp³-hybridized carbons (Fsp3) is 0.160. The second-order valence-electron chi connectivity index (χ2n) is 7.68. The molecule has 2 aliphatic heterocycles. The van der Waals surface area contributed by atoms with Crippen LogP contribution in [0.1, 0.15) is 22.9 Å². The molecule has 0 unspecified atom stereocenters. The quantitative estimate of drug-likeness (QED) is 0.623. The lowest BCUT2D eigenvalue weighted by Gasteiger charge is -2.34. The first-order valence-corrected chi connectivity index (χ1v) is 11.8. The van der Waals surface area contributed by atoms with Crippen molar-refractivity contribution in [3.8, 4) is 5.75 Å². The predicted molar refractivity (Wildman–Crippen MR) is 131 cm³/mol. The number of ether oxygens (including phenoxy) is 1. The molecule has 166 valence electrons. The van der Waals surface area contributed by atoms with Crippen LogP contribution in [0.25, 0.3) is 5.70 Å². The summed E-state index contributed by atoms with van der Waals surface area (Å²) in [4.78, 5) is 18.2. The molecule has 0 saturated heterocycles. The van der Waals surface area contributed by atoms with Gasteiger partial charge in [0.2, 0.25) is 0 Å². The fourth-order valence-corrected chi connectivity index (χ4v) is 5.07. The van der Waals surface area contributed by atoms with Crippen LogP contribution in [-0.2, 0) is 10.5 Å². The first-order valence-electron chi connectivity index (χ1n) is 10.4. The Hall–Kier alpha value is -3.29. The zero-order chi connectivity index (χ0) is 22.9. The van der Waals surface area contributed by atoms with Crippen molar-refractivity contribution in [2.75, 3.05) is 7.11 Å². The summed E-state index contributed by atoms with van der Waals surface area (Å²) in [6.07, 6.45) is -0.471. The van der Waals surface area contributed by atoms with Crippen molar-refractivity contribution in [3.63, 3.8) is 0 Å². The Bertz CT molecular complexity index is 1410. The van der Waals surface area contributed by atoms with E-state index in [4.69, 9.17) is 26.4 Å². The molecule has 0 fully saturated rings. The van der Waals surface area contributed by atoms with Gasteiger partial charge < -0.3 is 4.74 Å². The molecule has 0 aliphatic carbocycles. The highest BCUT2D eigenvalue weighted by Crippen LogP contribution is 2.33. The maximum Gasteiger partial charge on any atom is 0.276 e. The summed E-state index contributed by atoms with van der Waals surface area (Å²) in [5.74, 6) is 1.18. The summed E-state index contributed by atoms with van der Waals surface area (Å²) in [6.45, 7) is 1.99. The van der Waals surface area contributed by atoms with Gasteiger partial charge in [-0.25, -0.2) is 5.01 Å². The average molecular weight is 477 g/mol. The number of carbonyl (C=O) groups excluding carboxylic acids is 1. The molecule has 6 nitrogen and oxygen atoms in total. The molecule has 5 rings (SSSR count). The van der Waals surface area contributed by atoms with E-state index in [1.165, 1.54) is 11.8 Å². The summed E-state index contributed by atoms with van der Waals surface area (Å²) in [6, 6.07) is 21.2. The monoisotopic (exact) mass is 476 g/mol. The van der Waals surface area contributed by atoms with Crippen LogP contribution in [-0.4, -0.2) is 23.2 Å². The van der Waals surface area contributed by atoms with Crippen LogP contribution in [0.2, 0.25) is 5.02 Å². The van der Waals surface area contributed by atoms with Crippen molar-refractivity contribution in [3.05, 3.63) is 99.0 Å². The van der Waals surface area contributed by atoms with Crippen molar-refractivity contribution in [1.82, 2.24) is 10.3 Å². The SMILES string of the molecule is COc1ccc([C@H]2N=c3ccccc3=C3C(=O)NC(SCc4ccccc4Cl)=NN32)cc1C. The molecule has 3 aromatic carbocycles. The molecule has 0 bridgehead atoms. The number of amidine groups is 1. The minimum atomic E-state index is -0.471. The van der Waals surface area contributed by atoms with Gasteiger partial charge in [0.25, 0.3) is 5.91 Å². The summed E-state index contributed by atoms with van der Waals surface area (Å²) < 4.78 is 5.41. The number of hydrazone groups is 1. The van der Waals surface area contributed by atoms with Gasteiger partial charge in [-0.1, -0.05) is 65.8 Å². The minimum Gasteiger partial charge on any atom is -0.496 e. The van der Waals surface area contributed by atoms with Gasteiger partial charge in [-0.3, -0.25) is 15.1 Å². The van der Waals surface area contributed by atoms with Gasteiger partial charge in [0.1, 0.15) is 11.4 Å². The van der Waals surface area contributed by atoms with Crippen LogP contribution in [0.3, 0.4) is 0 Å². The zero-order valence-corrected chi connectivity index (χ0v) is 19.7. The van der Waals surface area contributed by atoms with Gasteiger partial charge in [-0.15, -0.1) is 5.10 Å². The van der Waals surface area contributed by atoms with Crippen LogP contribution >= 0.6 is 23.4 Å². The topological polar surface area (TPSA) is 66.3 Å². The molecule has 8 heteroatoms. The molecule has 0 saturated carbocycles. The second kappa shape index (κ2) is 8.92. The van der Waals surface area contributed by atoms with E-state index in [1.807, 2.05) is 73.7 Å². The maximum absolute atomic E-state index is 13.3. The number of rotatable bonds is 4. The molecule has 0 radical (unpaired) electrons. The van der Waals surface area contributed by atoms with Gasteiger partial charge in [-0.2, -0.15) is 0 Å². The third-order valence-corrected chi connectivity index (χ3v) is 6.84. The molecule has 2 heterocycles. The Kier molecular flexibility index (Phi) is 5.83. The number of para-hydroxylation sites is 1. The number of amides is 1. The van der Waals surface area contributed by atoms with Gasteiger partial charge >= 0.3 is 0 Å². The highest BCUT2D eigenvalue weighted by atomic mass is 35.5. The normalized spacial score (nSPS) is 16.9. The highest BCUT2D eigenvalue weighted by molar-refractivity contribution is 8.13. The fourth-order valence-electron chi connectivity index (χ4n) is 3.93. The average Bonchev–Trinajstić information content (AvgIpc) is 2.82. The molecule has 3 aromatic rings. The van der Waals surface area contributed by atoms with Crippen LogP contribution < -0.4 is 20.6 Å². The number of carbonyl (C=O) groups is 1. The van der Waals surface area contributed by atoms with Crippen molar-refractivity contribution < 1.29 is 9.53 Å². The largest absolute Gasteiger partial charge is 0.496 e. The predicted octanol–water partition coefficient (Wildman–Crippen LogP) is 3.73. The number of thioether (sulfide) groups is 1. The smallest absolute Gasteiger partial charge is 0.276 e. The number of aryl methyl sites for hydroxylation is 1. The lowest BCUT2D eigenvalue weighted by molar-refractivity contribution is -0.116. The number of nitrogens with zero attached hydrogens (tertiary/aromatic N) is 3. The Morgan fingerprint density at radius 3 is 2.70 bits per heavy atom.